The normalized spacial score (nSPS) is 29.5. The van der Waals surface area contributed by atoms with E-state index in [-0.39, 0.29) is 45.5 Å². The molecule has 8 rings (SSSR count). The van der Waals surface area contributed by atoms with E-state index in [0.717, 1.165) is 32.1 Å². The maximum absolute atomic E-state index is 14.2. The topological polar surface area (TPSA) is 94.5 Å². The van der Waals surface area contributed by atoms with Gasteiger partial charge in [-0.3, -0.25) is 14.2 Å². The fourth-order valence-corrected chi connectivity index (χ4v) is 9.48. The highest BCUT2D eigenvalue weighted by molar-refractivity contribution is 6.48. The predicted octanol–water partition coefficient (Wildman–Crippen LogP) is 6.47. The Kier molecular flexibility index (Phi) is 8.09. The number of carbonyl (C=O) groups excluding carboxylic acids is 1. The van der Waals surface area contributed by atoms with Gasteiger partial charge in [0.05, 0.1) is 23.3 Å². The van der Waals surface area contributed by atoms with Crippen molar-refractivity contribution in [3.63, 3.8) is 0 Å². The second-order valence-corrected chi connectivity index (χ2v) is 14.9. The Bertz CT molecular complexity index is 1740. The number of rotatable bonds is 10. The molecular formula is C36H44BClN4O4. The Morgan fingerprint density at radius 3 is 2.74 bits per heavy atom. The smallest absolute Gasteiger partial charge is 0.404 e. The Morgan fingerprint density at radius 1 is 1.20 bits per heavy atom. The number of hydrogen-bond acceptors (Lipinski definition) is 6. The van der Waals surface area contributed by atoms with Crippen LogP contribution in [0.1, 0.15) is 82.5 Å². The van der Waals surface area contributed by atoms with Crippen molar-refractivity contribution >= 4 is 41.2 Å². The summed E-state index contributed by atoms with van der Waals surface area (Å²) in [6.45, 7) is 10.8. The van der Waals surface area contributed by atoms with E-state index in [0.29, 0.717) is 30.4 Å². The van der Waals surface area contributed by atoms with E-state index in [4.69, 9.17) is 20.9 Å². The van der Waals surface area contributed by atoms with Crippen molar-refractivity contribution in [2.75, 3.05) is 12.4 Å². The number of aryl methyl sites for hydroxylation is 1. The molecule has 3 unspecified atom stereocenters. The highest BCUT2D eigenvalue weighted by Crippen LogP contribution is 2.65. The van der Waals surface area contributed by atoms with E-state index in [2.05, 4.69) is 85.4 Å². The molecule has 0 spiro atoms. The first-order chi connectivity index (χ1) is 22.1. The van der Waals surface area contributed by atoms with Crippen LogP contribution in [0.4, 0.5) is 5.82 Å². The van der Waals surface area contributed by atoms with Crippen molar-refractivity contribution in [3.8, 4) is 0 Å². The van der Waals surface area contributed by atoms with Gasteiger partial charge >= 0.3 is 7.12 Å². The third-order valence-electron chi connectivity index (χ3n) is 11.8. The van der Waals surface area contributed by atoms with Crippen LogP contribution >= 0.6 is 11.6 Å². The van der Waals surface area contributed by atoms with Crippen molar-refractivity contribution in [2.24, 2.45) is 17.3 Å². The van der Waals surface area contributed by atoms with Crippen molar-refractivity contribution < 1.29 is 14.1 Å². The fourth-order valence-electron chi connectivity index (χ4n) is 9.15. The van der Waals surface area contributed by atoms with Gasteiger partial charge in [-0.2, -0.15) is 0 Å². The van der Waals surface area contributed by atoms with Crippen molar-refractivity contribution in [1.29, 1.82) is 0 Å². The molecular weight excluding hydrogens is 599 g/mol. The number of amides is 1. The van der Waals surface area contributed by atoms with Crippen LogP contribution in [-0.4, -0.2) is 47.3 Å². The number of benzene rings is 2. The summed E-state index contributed by atoms with van der Waals surface area (Å²) in [6.07, 6.45) is 7.40. The number of nitrogens with zero attached hydrogens (tertiary/aromatic N) is 2. The summed E-state index contributed by atoms with van der Waals surface area (Å²) in [7, 11) is 1.05. The summed E-state index contributed by atoms with van der Waals surface area (Å²) in [5.74, 6) is 0.415. The van der Waals surface area contributed by atoms with E-state index >= 15 is 0 Å². The summed E-state index contributed by atoms with van der Waals surface area (Å²) in [5.41, 5.74) is 1.42. The lowest BCUT2D eigenvalue weighted by molar-refractivity contribution is -0.199. The molecule has 2 aromatic carbocycles. The average molecular weight is 643 g/mol. The Morgan fingerprint density at radius 2 is 1.98 bits per heavy atom. The summed E-state index contributed by atoms with van der Waals surface area (Å²) in [6, 6.07) is 14.1. The van der Waals surface area contributed by atoms with Gasteiger partial charge in [-0.15, -0.1) is 6.58 Å². The molecule has 3 heterocycles. The molecule has 2 bridgehead atoms. The van der Waals surface area contributed by atoms with Crippen LogP contribution in [0.15, 0.2) is 59.9 Å². The van der Waals surface area contributed by atoms with Gasteiger partial charge < -0.3 is 19.9 Å². The van der Waals surface area contributed by atoms with E-state index in [1.807, 2.05) is 0 Å². The summed E-state index contributed by atoms with van der Waals surface area (Å²) in [4.78, 5) is 32.2. The first-order valence-electron chi connectivity index (χ1n) is 16.8. The molecule has 8 nitrogen and oxygen atoms in total. The maximum atomic E-state index is 14.2. The third-order valence-corrected chi connectivity index (χ3v) is 12.1. The van der Waals surface area contributed by atoms with E-state index in [9.17, 15) is 9.59 Å². The molecule has 1 saturated heterocycles. The van der Waals surface area contributed by atoms with Gasteiger partial charge in [0.15, 0.2) is 11.0 Å². The quantitative estimate of drug-likeness (QED) is 0.195. The second-order valence-electron chi connectivity index (χ2n) is 14.5. The zero-order chi connectivity index (χ0) is 32.4. The predicted molar refractivity (Wildman–Crippen MR) is 183 cm³/mol. The van der Waals surface area contributed by atoms with Gasteiger partial charge in [-0.05, 0) is 85.5 Å². The number of nitrogens with one attached hydrogen (secondary N) is 2. The molecule has 3 saturated carbocycles. The average Bonchev–Trinajstić information content (AvgIpc) is 3.61. The summed E-state index contributed by atoms with van der Waals surface area (Å²) >= 11 is 6.75. The highest BCUT2D eigenvalue weighted by atomic mass is 35.5. The molecule has 0 radical (unpaired) electrons. The molecule has 1 aromatic heterocycles. The number of fused-ring (bicyclic) bond motifs is 2. The van der Waals surface area contributed by atoms with Gasteiger partial charge in [0.2, 0.25) is 5.91 Å². The lowest BCUT2D eigenvalue weighted by atomic mass is 9.43. The van der Waals surface area contributed by atoms with Crippen LogP contribution < -0.4 is 16.2 Å². The molecule has 7 atom stereocenters. The molecule has 4 fully saturated rings. The minimum atomic E-state index is -0.726. The van der Waals surface area contributed by atoms with Gasteiger partial charge in [0.25, 0.3) is 5.56 Å². The Hall–Kier alpha value is -3.14. The van der Waals surface area contributed by atoms with Gasteiger partial charge in [-0.25, -0.2) is 4.98 Å². The minimum absolute atomic E-state index is 0.00232. The first kappa shape index (κ1) is 31.5. The second kappa shape index (κ2) is 11.8. The maximum Gasteiger partial charge on any atom is 0.482 e. The molecule has 3 aliphatic carbocycles. The fraction of sp³-hybridized carbons (Fsp3) is 0.528. The van der Waals surface area contributed by atoms with Crippen molar-refractivity contribution in [3.05, 3.63) is 81.9 Å². The Labute approximate surface area is 276 Å². The van der Waals surface area contributed by atoms with Crippen LogP contribution in [0.25, 0.3) is 10.8 Å². The molecule has 3 aromatic rings. The molecule has 46 heavy (non-hydrogen) atoms. The number of halogens is 1. The largest absolute Gasteiger partial charge is 0.482 e. The zero-order valence-electron chi connectivity index (χ0n) is 27.2. The van der Waals surface area contributed by atoms with Crippen LogP contribution in [0.2, 0.25) is 5.15 Å². The number of carbonyl (C=O) groups is 1. The monoisotopic (exact) mass is 642 g/mol. The van der Waals surface area contributed by atoms with E-state index in [1.54, 1.807) is 17.7 Å². The van der Waals surface area contributed by atoms with Crippen LogP contribution in [0, 0.1) is 17.3 Å². The molecule has 2 N–H and O–H groups in total. The third kappa shape index (κ3) is 5.01. The van der Waals surface area contributed by atoms with Crippen LogP contribution in [0.5, 0.6) is 0 Å². The van der Waals surface area contributed by atoms with E-state index in [1.165, 1.54) is 16.3 Å². The van der Waals surface area contributed by atoms with E-state index < -0.39 is 19.1 Å². The van der Waals surface area contributed by atoms with Crippen LogP contribution in [-0.2, 0) is 20.5 Å². The molecule has 2 aliphatic heterocycles. The summed E-state index contributed by atoms with van der Waals surface area (Å²) in [5, 5.41) is 8.82. The standard InChI is InChI=1S/C36H44BClN4O4/c1-6-11-29(37-45-28-20-24-19-27(35(24,2)3)36(28,4)46-37)40-33(43)26-18-23(30-31(38)41-32(39-5)34(44)42(26)30)16-10-15-22-14-9-13-21-12-7-8-17-25(21)22/h6-9,12-14,17,23-24,26-29H,1,10-11,15-16,18-20H2,2-5H3,(H,39,41)(H,40,43)/t23-,24?,26+,27?,28?,29+,36-/m1/s1. The lowest BCUT2D eigenvalue weighted by Crippen LogP contribution is -2.65. The highest BCUT2D eigenvalue weighted by Gasteiger charge is 2.68. The number of hydrogen-bond donors (Lipinski definition) is 2. The minimum Gasteiger partial charge on any atom is -0.404 e. The van der Waals surface area contributed by atoms with Crippen molar-refractivity contribution in [1.82, 2.24) is 14.9 Å². The summed E-state index contributed by atoms with van der Waals surface area (Å²) < 4.78 is 14.8. The number of aromatic nitrogens is 2. The lowest BCUT2D eigenvalue weighted by Gasteiger charge is -2.64. The number of anilines is 1. The van der Waals surface area contributed by atoms with Crippen LogP contribution in [0.3, 0.4) is 0 Å². The van der Waals surface area contributed by atoms with Gasteiger partial charge in [0, 0.05) is 13.0 Å². The first-order valence-corrected chi connectivity index (χ1v) is 17.2. The molecule has 10 heteroatoms. The van der Waals surface area contributed by atoms with Crippen molar-refractivity contribution in [2.45, 2.75) is 95.3 Å². The Balaban J connectivity index is 1.11. The SMILES string of the molecule is C=CC[C@H](NC(=O)[C@@H]1C[C@@H](CCCc2cccc3ccccc23)c2c(Cl)nc(NC)c(=O)n21)B1OC2CC3CC(C3(C)C)[C@@]2(C)O1. The zero-order valence-corrected chi connectivity index (χ0v) is 28.0. The van der Waals surface area contributed by atoms with Gasteiger partial charge in [0.1, 0.15) is 6.04 Å². The van der Waals surface area contributed by atoms with Gasteiger partial charge in [-0.1, -0.05) is 74.0 Å². The molecule has 5 aliphatic rings. The molecule has 1 amide bonds. The molecule has 242 valence electrons.